The van der Waals surface area contributed by atoms with Crippen molar-refractivity contribution in [2.45, 2.75) is 18.9 Å². The molecule has 3 fully saturated rings. The summed E-state index contributed by atoms with van der Waals surface area (Å²) in [6.45, 7) is 0. The van der Waals surface area contributed by atoms with Gasteiger partial charge in [0.15, 0.2) is 0 Å². The van der Waals surface area contributed by atoms with Crippen molar-refractivity contribution in [1.82, 2.24) is 4.90 Å². The maximum absolute atomic E-state index is 13.6. The molecule has 6 heteroatoms. The minimum Gasteiger partial charge on any atom is -0.324 e. The fourth-order valence-corrected chi connectivity index (χ4v) is 6.54. The van der Waals surface area contributed by atoms with Crippen molar-refractivity contribution in [1.29, 1.82) is 0 Å². The maximum atomic E-state index is 13.6. The predicted molar refractivity (Wildman–Crippen MR) is 128 cm³/mol. The molecule has 2 saturated carbocycles. The quantitative estimate of drug-likeness (QED) is 0.357. The number of amides is 3. The van der Waals surface area contributed by atoms with Crippen molar-refractivity contribution in [3.8, 4) is 0 Å². The van der Waals surface area contributed by atoms with Gasteiger partial charge in [0.25, 0.3) is 0 Å². The number of allylic oxidation sites excluding steroid dienone is 2. The standard InChI is InChI=1S/C26H23IN2O3/c27-15-6-8-16(9-7-15)28-24(30)21(12-14-4-2-1-3-5-14)29-25(31)22-17-10-11-18(20-13-19(17)20)23(22)26(29)32/h1-11,17-23H,12-13H2,(H,28,30)/t17-,18-,19-,20-,21+,22-,23+/m1/s1. The molecule has 0 spiro atoms. The number of likely N-dealkylation sites (tertiary alicyclic amines) is 1. The second-order valence-corrected chi connectivity index (χ2v) is 10.6. The van der Waals surface area contributed by atoms with Gasteiger partial charge in [-0.15, -0.1) is 0 Å². The van der Waals surface area contributed by atoms with Gasteiger partial charge >= 0.3 is 0 Å². The maximum Gasteiger partial charge on any atom is 0.248 e. The first kappa shape index (κ1) is 20.1. The van der Waals surface area contributed by atoms with Crippen LogP contribution < -0.4 is 5.32 Å². The Balaban J connectivity index is 1.33. The number of halogens is 1. The van der Waals surface area contributed by atoms with E-state index in [-0.39, 0.29) is 41.4 Å². The smallest absolute Gasteiger partial charge is 0.248 e. The fraction of sp³-hybridized carbons (Fsp3) is 0.346. The molecule has 1 N–H and O–H groups in total. The summed E-state index contributed by atoms with van der Waals surface area (Å²) in [5, 5.41) is 2.94. The van der Waals surface area contributed by atoms with Gasteiger partial charge in [-0.2, -0.15) is 0 Å². The average Bonchev–Trinajstić information content (AvgIpc) is 3.58. The topological polar surface area (TPSA) is 66.5 Å². The van der Waals surface area contributed by atoms with Crippen LogP contribution in [0.2, 0.25) is 0 Å². The summed E-state index contributed by atoms with van der Waals surface area (Å²) in [5.74, 6) is 0.123. The van der Waals surface area contributed by atoms with E-state index < -0.39 is 6.04 Å². The first-order chi connectivity index (χ1) is 15.5. The van der Waals surface area contributed by atoms with Crippen molar-refractivity contribution in [2.24, 2.45) is 35.5 Å². The monoisotopic (exact) mass is 538 g/mol. The number of hydrogen-bond acceptors (Lipinski definition) is 3. The molecular formula is C26H23IN2O3. The largest absolute Gasteiger partial charge is 0.324 e. The van der Waals surface area contributed by atoms with Gasteiger partial charge in [0.2, 0.25) is 17.7 Å². The molecule has 5 aliphatic rings. The van der Waals surface area contributed by atoms with Gasteiger partial charge in [-0.25, -0.2) is 0 Å². The van der Waals surface area contributed by atoms with Crippen LogP contribution in [0.1, 0.15) is 12.0 Å². The number of nitrogens with one attached hydrogen (secondary N) is 1. The zero-order chi connectivity index (χ0) is 22.0. The highest BCUT2D eigenvalue weighted by Crippen LogP contribution is 2.65. The molecular weight excluding hydrogens is 515 g/mol. The van der Waals surface area contributed by atoms with Crippen molar-refractivity contribution >= 4 is 46.0 Å². The Morgan fingerprint density at radius 2 is 1.53 bits per heavy atom. The Bertz CT molecular complexity index is 1090. The molecule has 1 saturated heterocycles. The van der Waals surface area contributed by atoms with E-state index in [2.05, 4.69) is 40.1 Å². The molecule has 2 aromatic carbocycles. The summed E-state index contributed by atoms with van der Waals surface area (Å²) < 4.78 is 1.07. The van der Waals surface area contributed by atoms with Crippen LogP contribution in [0.3, 0.4) is 0 Å². The van der Waals surface area contributed by atoms with Gasteiger partial charge in [-0.1, -0.05) is 42.5 Å². The third kappa shape index (κ3) is 3.14. The summed E-state index contributed by atoms with van der Waals surface area (Å²) in [4.78, 5) is 42.0. The van der Waals surface area contributed by atoms with Crippen molar-refractivity contribution in [2.75, 3.05) is 5.32 Å². The highest BCUT2D eigenvalue weighted by molar-refractivity contribution is 14.1. The Hall–Kier alpha value is -2.48. The van der Waals surface area contributed by atoms with Crippen LogP contribution in [0.5, 0.6) is 0 Å². The second-order valence-electron chi connectivity index (χ2n) is 9.40. The molecule has 7 atom stereocenters. The number of carbonyl (C=O) groups is 3. The highest BCUT2D eigenvalue weighted by atomic mass is 127. The van der Waals surface area contributed by atoms with Gasteiger partial charge in [-0.3, -0.25) is 19.3 Å². The number of imide groups is 1. The van der Waals surface area contributed by atoms with E-state index in [9.17, 15) is 14.4 Å². The number of nitrogens with zero attached hydrogens (tertiary/aromatic N) is 1. The Morgan fingerprint density at radius 1 is 0.938 bits per heavy atom. The van der Waals surface area contributed by atoms with Crippen LogP contribution in [-0.2, 0) is 20.8 Å². The molecule has 1 heterocycles. The Morgan fingerprint density at radius 3 is 2.12 bits per heavy atom. The molecule has 4 aliphatic carbocycles. The first-order valence-electron chi connectivity index (χ1n) is 11.2. The normalized spacial score (nSPS) is 32.5. The number of anilines is 1. The van der Waals surface area contributed by atoms with Crippen LogP contribution in [-0.4, -0.2) is 28.7 Å². The minimum absolute atomic E-state index is 0.146. The Kier molecular flexibility index (Phi) is 4.75. The lowest BCUT2D eigenvalue weighted by atomic mass is 9.63. The molecule has 2 bridgehead atoms. The van der Waals surface area contributed by atoms with Gasteiger partial charge in [0, 0.05) is 15.7 Å². The molecule has 32 heavy (non-hydrogen) atoms. The number of rotatable bonds is 5. The number of benzene rings is 2. The summed E-state index contributed by atoms with van der Waals surface area (Å²) in [5.41, 5.74) is 1.59. The second kappa shape index (κ2) is 7.54. The van der Waals surface area contributed by atoms with E-state index in [0.29, 0.717) is 23.9 Å². The summed E-state index contributed by atoms with van der Waals surface area (Å²) >= 11 is 2.21. The van der Waals surface area contributed by atoms with Gasteiger partial charge in [0.05, 0.1) is 11.8 Å². The molecule has 0 unspecified atom stereocenters. The summed E-state index contributed by atoms with van der Waals surface area (Å²) in [7, 11) is 0. The zero-order valence-electron chi connectivity index (χ0n) is 17.4. The minimum atomic E-state index is -0.863. The molecule has 0 aromatic heterocycles. The molecule has 7 rings (SSSR count). The zero-order valence-corrected chi connectivity index (χ0v) is 19.5. The SMILES string of the molecule is O=C(Nc1ccc(I)cc1)[C@H](Cc1ccccc1)N1C(=O)[C@@H]2[C@@H]3C=C[C@H]([C@H]4C[C@H]34)[C@@H]2C1=O. The van der Waals surface area contributed by atoms with Crippen LogP contribution in [0.25, 0.3) is 0 Å². The van der Waals surface area contributed by atoms with Crippen LogP contribution >= 0.6 is 22.6 Å². The first-order valence-corrected chi connectivity index (χ1v) is 12.3. The fourth-order valence-electron chi connectivity index (χ4n) is 6.18. The molecule has 5 nitrogen and oxygen atoms in total. The van der Waals surface area contributed by atoms with Crippen LogP contribution in [0.15, 0.2) is 66.7 Å². The molecule has 3 amide bonds. The Labute approximate surface area is 200 Å². The van der Waals surface area contributed by atoms with Gasteiger partial charge in [-0.05, 0) is 82.5 Å². The van der Waals surface area contributed by atoms with Crippen molar-refractivity contribution in [3.63, 3.8) is 0 Å². The number of carbonyl (C=O) groups excluding carboxylic acids is 3. The lowest BCUT2D eigenvalue weighted by Crippen LogP contribution is -2.49. The van der Waals surface area contributed by atoms with E-state index in [1.807, 2.05) is 54.6 Å². The third-order valence-electron chi connectivity index (χ3n) is 7.69. The van der Waals surface area contributed by atoms with Crippen LogP contribution in [0, 0.1) is 39.1 Å². The lowest BCUT2D eigenvalue weighted by Gasteiger charge is -2.37. The van der Waals surface area contributed by atoms with Crippen molar-refractivity contribution < 1.29 is 14.4 Å². The van der Waals surface area contributed by atoms with E-state index in [1.165, 1.54) is 4.90 Å². The lowest BCUT2D eigenvalue weighted by molar-refractivity contribution is -0.146. The average molecular weight is 538 g/mol. The molecule has 0 radical (unpaired) electrons. The predicted octanol–water partition coefficient (Wildman–Crippen LogP) is 3.89. The third-order valence-corrected chi connectivity index (χ3v) is 8.41. The summed E-state index contributed by atoms with van der Waals surface area (Å²) in [6.07, 6.45) is 5.75. The molecule has 162 valence electrons. The highest BCUT2D eigenvalue weighted by Gasteiger charge is 2.67. The number of hydrogen-bond donors (Lipinski definition) is 1. The van der Waals surface area contributed by atoms with Gasteiger partial charge in [0.1, 0.15) is 6.04 Å². The van der Waals surface area contributed by atoms with Gasteiger partial charge < -0.3 is 5.32 Å². The van der Waals surface area contributed by atoms with Crippen molar-refractivity contribution in [3.05, 3.63) is 75.9 Å². The van der Waals surface area contributed by atoms with E-state index in [1.54, 1.807) is 0 Å². The summed E-state index contributed by atoms with van der Waals surface area (Å²) in [6, 6.07) is 16.3. The van der Waals surface area contributed by atoms with Crippen LogP contribution in [0.4, 0.5) is 5.69 Å². The van der Waals surface area contributed by atoms with E-state index in [0.717, 1.165) is 15.6 Å². The molecule has 1 aliphatic heterocycles. The van der Waals surface area contributed by atoms with E-state index in [4.69, 9.17) is 0 Å². The molecule has 2 aromatic rings. The van der Waals surface area contributed by atoms with E-state index >= 15 is 0 Å².